The van der Waals surface area contributed by atoms with Crippen LogP contribution >= 0.6 is 15.9 Å². The van der Waals surface area contributed by atoms with Crippen molar-refractivity contribution in [3.8, 4) is 0 Å². The zero-order chi connectivity index (χ0) is 15.5. The van der Waals surface area contributed by atoms with E-state index in [0.29, 0.717) is 12.1 Å². The quantitative estimate of drug-likeness (QED) is 0.861. The number of piperidine rings is 1. The van der Waals surface area contributed by atoms with Crippen molar-refractivity contribution in [2.45, 2.75) is 25.3 Å². The summed E-state index contributed by atoms with van der Waals surface area (Å²) >= 11 is 3.30. The van der Waals surface area contributed by atoms with Gasteiger partial charge in [-0.25, -0.2) is 13.1 Å². The molecule has 1 aliphatic heterocycles. The van der Waals surface area contributed by atoms with Gasteiger partial charge in [-0.15, -0.1) is 0 Å². The summed E-state index contributed by atoms with van der Waals surface area (Å²) in [5, 5.41) is 0. The lowest BCUT2D eigenvalue weighted by Crippen LogP contribution is -2.49. The first kappa shape index (κ1) is 16.4. The van der Waals surface area contributed by atoms with Gasteiger partial charge in [-0.05, 0) is 41.3 Å². The summed E-state index contributed by atoms with van der Waals surface area (Å²) in [7, 11) is -3.25. The molecular weight excluding hydrogens is 358 g/mol. The van der Waals surface area contributed by atoms with Crippen molar-refractivity contribution >= 4 is 31.9 Å². The molecule has 6 nitrogen and oxygen atoms in total. The fourth-order valence-electron chi connectivity index (χ4n) is 2.42. The molecule has 1 aromatic heterocycles. The molecule has 1 atom stereocenters. The Hall–Kier alpha value is -0.990. The number of carbonyl (C=O) groups excluding carboxylic acids is 1. The molecule has 116 valence electrons. The van der Waals surface area contributed by atoms with E-state index in [9.17, 15) is 13.2 Å². The van der Waals surface area contributed by atoms with Crippen LogP contribution < -0.4 is 4.72 Å². The van der Waals surface area contributed by atoms with Crippen molar-refractivity contribution in [1.29, 1.82) is 0 Å². The zero-order valence-corrected chi connectivity index (χ0v) is 14.2. The first-order chi connectivity index (χ1) is 9.87. The van der Waals surface area contributed by atoms with Crippen molar-refractivity contribution in [2.75, 3.05) is 19.3 Å². The molecule has 1 aromatic rings. The van der Waals surface area contributed by atoms with E-state index in [2.05, 4.69) is 25.6 Å². The summed E-state index contributed by atoms with van der Waals surface area (Å²) in [6.07, 6.45) is 7.01. The Bertz CT molecular complexity index is 621. The molecule has 1 saturated heterocycles. The highest BCUT2D eigenvalue weighted by atomic mass is 79.9. The van der Waals surface area contributed by atoms with Gasteiger partial charge in [-0.2, -0.15) is 0 Å². The van der Waals surface area contributed by atoms with Crippen molar-refractivity contribution in [1.82, 2.24) is 14.6 Å². The number of aromatic nitrogens is 1. The summed E-state index contributed by atoms with van der Waals surface area (Å²) in [5.41, 5.74) is 0.510. The predicted octanol–water partition coefficient (Wildman–Crippen LogP) is 1.39. The van der Waals surface area contributed by atoms with Gasteiger partial charge in [-0.1, -0.05) is 0 Å². The SMILES string of the molecule is CS(=O)(=O)NC[C@@H]1CCCCN1C(=O)c1cncc(Br)c1. The highest BCUT2D eigenvalue weighted by molar-refractivity contribution is 9.10. The Kier molecular flexibility index (Phi) is 5.34. The molecule has 21 heavy (non-hydrogen) atoms. The Labute approximate surface area is 133 Å². The van der Waals surface area contributed by atoms with Crippen LogP contribution in [0.5, 0.6) is 0 Å². The molecule has 0 aromatic carbocycles. The van der Waals surface area contributed by atoms with Crippen LogP contribution in [0.15, 0.2) is 22.9 Å². The number of hydrogen-bond acceptors (Lipinski definition) is 4. The third-order valence-electron chi connectivity index (χ3n) is 3.42. The molecule has 0 radical (unpaired) electrons. The molecule has 0 unspecified atom stereocenters. The predicted molar refractivity (Wildman–Crippen MR) is 83.5 cm³/mol. The van der Waals surface area contributed by atoms with E-state index in [0.717, 1.165) is 30.0 Å². The molecule has 8 heteroatoms. The molecule has 1 aliphatic rings. The van der Waals surface area contributed by atoms with E-state index in [-0.39, 0.29) is 18.5 Å². The molecule has 0 saturated carbocycles. The van der Waals surface area contributed by atoms with Gasteiger partial charge in [0, 0.05) is 36.0 Å². The van der Waals surface area contributed by atoms with Crippen molar-refractivity contribution in [2.24, 2.45) is 0 Å². The lowest BCUT2D eigenvalue weighted by molar-refractivity contribution is 0.0618. The molecule has 0 aliphatic carbocycles. The van der Waals surface area contributed by atoms with Gasteiger partial charge in [0.05, 0.1) is 11.8 Å². The number of halogens is 1. The van der Waals surface area contributed by atoms with Crippen LogP contribution in [-0.2, 0) is 10.0 Å². The van der Waals surface area contributed by atoms with Crippen LogP contribution in [0.1, 0.15) is 29.6 Å². The van der Waals surface area contributed by atoms with Gasteiger partial charge in [0.15, 0.2) is 0 Å². The van der Waals surface area contributed by atoms with E-state index in [1.807, 2.05) is 0 Å². The summed E-state index contributed by atoms with van der Waals surface area (Å²) in [6.45, 7) is 0.896. The number of nitrogens with one attached hydrogen (secondary N) is 1. The highest BCUT2D eigenvalue weighted by Crippen LogP contribution is 2.20. The molecule has 0 spiro atoms. The number of carbonyl (C=O) groups is 1. The number of hydrogen-bond donors (Lipinski definition) is 1. The number of sulfonamides is 1. The maximum atomic E-state index is 12.6. The standard InChI is InChI=1S/C13H18BrN3O3S/c1-21(19,20)16-9-12-4-2-3-5-17(12)13(18)10-6-11(14)8-15-7-10/h6-8,12,16H,2-5,9H2,1H3/t12-/m0/s1. The number of amides is 1. The van der Waals surface area contributed by atoms with E-state index in [1.165, 1.54) is 6.20 Å². The van der Waals surface area contributed by atoms with E-state index < -0.39 is 10.0 Å². The minimum absolute atomic E-state index is 0.108. The average molecular weight is 376 g/mol. The molecule has 0 bridgehead atoms. The zero-order valence-electron chi connectivity index (χ0n) is 11.8. The molecule has 1 fully saturated rings. The molecule has 1 amide bonds. The Balaban J connectivity index is 2.12. The number of nitrogens with zero attached hydrogens (tertiary/aromatic N) is 2. The van der Waals surface area contributed by atoms with Crippen LogP contribution in [0, 0.1) is 0 Å². The molecule has 1 N–H and O–H groups in total. The summed E-state index contributed by atoms with van der Waals surface area (Å²) in [6, 6.07) is 1.62. The summed E-state index contributed by atoms with van der Waals surface area (Å²) < 4.78 is 25.7. The van der Waals surface area contributed by atoms with Crippen LogP contribution in [0.25, 0.3) is 0 Å². The number of rotatable bonds is 4. The van der Waals surface area contributed by atoms with Gasteiger partial charge in [0.25, 0.3) is 5.91 Å². The fourth-order valence-corrected chi connectivity index (χ4v) is 3.28. The Morgan fingerprint density at radius 2 is 2.24 bits per heavy atom. The second kappa shape index (κ2) is 6.85. The van der Waals surface area contributed by atoms with Gasteiger partial charge in [0.1, 0.15) is 0 Å². The number of likely N-dealkylation sites (tertiary alicyclic amines) is 1. The summed E-state index contributed by atoms with van der Waals surface area (Å²) in [5.74, 6) is -0.108. The molecule has 2 heterocycles. The first-order valence-electron chi connectivity index (χ1n) is 6.73. The van der Waals surface area contributed by atoms with Crippen molar-refractivity contribution in [3.63, 3.8) is 0 Å². The largest absolute Gasteiger partial charge is 0.334 e. The van der Waals surface area contributed by atoms with Crippen molar-refractivity contribution in [3.05, 3.63) is 28.5 Å². The normalized spacial score (nSPS) is 19.5. The third-order valence-corrected chi connectivity index (χ3v) is 4.55. The lowest BCUT2D eigenvalue weighted by Gasteiger charge is -2.35. The number of pyridine rings is 1. The molecule has 2 rings (SSSR count). The average Bonchev–Trinajstić information content (AvgIpc) is 2.44. The second-order valence-corrected chi connectivity index (χ2v) is 7.91. The van der Waals surface area contributed by atoms with Gasteiger partial charge in [-0.3, -0.25) is 9.78 Å². The van der Waals surface area contributed by atoms with E-state index >= 15 is 0 Å². The lowest BCUT2D eigenvalue weighted by atomic mass is 10.0. The maximum absolute atomic E-state index is 12.6. The van der Waals surface area contributed by atoms with Gasteiger partial charge in [0.2, 0.25) is 10.0 Å². The second-order valence-electron chi connectivity index (χ2n) is 5.16. The van der Waals surface area contributed by atoms with Crippen LogP contribution in [0.2, 0.25) is 0 Å². The van der Waals surface area contributed by atoms with Crippen LogP contribution in [-0.4, -0.2) is 49.6 Å². The minimum Gasteiger partial charge on any atom is -0.334 e. The topological polar surface area (TPSA) is 79.4 Å². The van der Waals surface area contributed by atoms with Crippen LogP contribution in [0.4, 0.5) is 0 Å². The summed E-state index contributed by atoms with van der Waals surface area (Å²) in [4.78, 5) is 18.3. The molecular formula is C13H18BrN3O3S. The Morgan fingerprint density at radius 1 is 1.48 bits per heavy atom. The minimum atomic E-state index is -3.25. The van der Waals surface area contributed by atoms with Gasteiger partial charge >= 0.3 is 0 Å². The highest BCUT2D eigenvalue weighted by Gasteiger charge is 2.28. The van der Waals surface area contributed by atoms with Gasteiger partial charge < -0.3 is 4.90 Å². The third kappa shape index (κ3) is 4.76. The van der Waals surface area contributed by atoms with Crippen LogP contribution in [0.3, 0.4) is 0 Å². The van der Waals surface area contributed by atoms with Crippen molar-refractivity contribution < 1.29 is 13.2 Å². The first-order valence-corrected chi connectivity index (χ1v) is 9.41. The fraction of sp³-hybridized carbons (Fsp3) is 0.538. The van der Waals surface area contributed by atoms with E-state index in [1.54, 1.807) is 17.2 Å². The Morgan fingerprint density at radius 3 is 2.90 bits per heavy atom. The smallest absolute Gasteiger partial charge is 0.255 e. The maximum Gasteiger partial charge on any atom is 0.255 e. The monoisotopic (exact) mass is 375 g/mol. The van der Waals surface area contributed by atoms with E-state index in [4.69, 9.17) is 0 Å².